The number of aromatic nitrogens is 4. The zero-order chi connectivity index (χ0) is 29.0. The third-order valence-corrected chi connectivity index (χ3v) is 7.93. The molecule has 0 aliphatic heterocycles. The number of benzene rings is 1. The zero-order valence-electron chi connectivity index (χ0n) is 25.1. The van der Waals surface area contributed by atoms with Crippen molar-refractivity contribution in [2.24, 2.45) is 0 Å². The van der Waals surface area contributed by atoms with Crippen LogP contribution in [0.15, 0.2) is 97.6 Å². The summed E-state index contributed by atoms with van der Waals surface area (Å²) in [6, 6.07) is 25.4. The summed E-state index contributed by atoms with van der Waals surface area (Å²) >= 11 is 0. The van der Waals surface area contributed by atoms with Crippen molar-refractivity contribution in [1.29, 1.82) is 0 Å². The molecule has 0 spiro atoms. The van der Waals surface area contributed by atoms with Crippen LogP contribution in [0.4, 0.5) is 0 Å². The van der Waals surface area contributed by atoms with E-state index < -0.39 is 0 Å². The first-order valence-electron chi connectivity index (χ1n) is 15.7. The summed E-state index contributed by atoms with van der Waals surface area (Å²) in [5, 5.41) is 0. The van der Waals surface area contributed by atoms with Gasteiger partial charge in [-0.3, -0.25) is 19.9 Å². The van der Waals surface area contributed by atoms with Gasteiger partial charge in [-0.15, -0.1) is 0 Å². The minimum Gasteiger partial charge on any atom is -0.255 e. The molecule has 0 aliphatic rings. The van der Waals surface area contributed by atoms with Crippen molar-refractivity contribution in [2.75, 3.05) is 0 Å². The van der Waals surface area contributed by atoms with Crippen molar-refractivity contribution in [3.05, 3.63) is 109 Å². The molecule has 0 aliphatic carbocycles. The van der Waals surface area contributed by atoms with Crippen LogP contribution in [0, 0.1) is 0 Å². The van der Waals surface area contributed by atoms with E-state index in [-0.39, 0.29) is 0 Å². The molecule has 214 valence electrons. The van der Waals surface area contributed by atoms with Gasteiger partial charge in [-0.1, -0.05) is 88.8 Å². The Hall–Kier alpha value is -4.18. The molecule has 5 aromatic rings. The number of hydrogen-bond donors (Lipinski definition) is 0. The molecule has 5 rings (SSSR count). The highest BCUT2D eigenvalue weighted by Crippen LogP contribution is 2.35. The minimum atomic E-state index is 0.900. The Bertz CT molecular complexity index is 1390. The quantitative estimate of drug-likeness (QED) is 0.128. The number of unbranched alkanes of at least 4 members (excludes halogenated alkanes) is 6. The highest BCUT2D eigenvalue weighted by molar-refractivity contribution is 5.77. The molecule has 4 aromatic heterocycles. The summed E-state index contributed by atoms with van der Waals surface area (Å²) in [7, 11) is 0. The number of rotatable bonds is 14. The van der Waals surface area contributed by atoms with Crippen molar-refractivity contribution < 1.29 is 0 Å². The van der Waals surface area contributed by atoms with E-state index in [9.17, 15) is 0 Å². The molecule has 0 amide bonds. The van der Waals surface area contributed by atoms with Crippen LogP contribution in [-0.2, 0) is 12.8 Å². The van der Waals surface area contributed by atoms with E-state index in [1.807, 2.05) is 61.2 Å². The van der Waals surface area contributed by atoms with E-state index >= 15 is 0 Å². The molecule has 42 heavy (non-hydrogen) atoms. The largest absolute Gasteiger partial charge is 0.255 e. The third kappa shape index (κ3) is 7.55. The molecular formula is C38H42N4. The van der Waals surface area contributed by atoms with Gasteiger partial charge in [0.15, 0.2) is 0 Å². The summed E-state index contributed by atoms with van der Waals surface area (Å²) in [5.41, 5.74) is 11.3. The monoisotopic (exact) mass is 554 g/mol. The van der Waals surface area contributed by atoms with Crippen molar-refractivity contribution >= 4 is 0 Å². The van der Waals surface area contributed by atoms with Crippen LogP contribution in [0.3, 0.4) is 0 Å². The van der Waals surface area contributed by atoms with Crippen LogP contribution >= 0.6 is 0 Å². The smallest absolute Gasteiger partial charge is 0.0886 e. The Kier molecular flexibility index (Phi) is 10.6. The normalized spacial score (nSPS) is 11.1. The Labute approximate surface area is 251 Å². The molecule has 4 heterocycles. The molecular weight excluding hydrogens is 512 g/mol. The second-order valence-electron chi connectivity index (χ2n) is 11.1. The average molecular weight is 555 g/mol. The lowest BCUT2D eigenvalue weighted by Gasteiger charge is -2.18. The summed E-state index contributed by atoms with van der Waals surface area (Å²) in [6.07, 6.45) is 19.7. The maximum Gasteiger partial charge on any atom is 0.0886 e. The van der Waals surface area contributed by atoms with Crippen molar-refractivity contribution in [3.63, 3.8) is 0 Å². The summed E-state index contributed by atoms with van der Waals surface area (Å²) < 4.78 is 0. The van der Waals surface area contributed by atoms with Gasteiger partial charge in [0, 0.05) is 35.9 Å². The van der Waals surface area contributed by atoms with Crippen LogP contribution in [0.5, 0.6) is 0 Å². The van der Waals surface area contributed by atoms with E-state index in [0.717, 1.165) is 35.6 Å². The Morgan fingerprint density at radius 2 is 0.905 bits per heavy atom. The molecule has 0 saturated carbocycles. The van der Waals surface area contributed by atoms with Gasteiger partial charge in [-0.2, -0.15) is 0 Å². The lowest BCUT2D eigenvalue weighted by atomic mass is 9.87. The SMILES string of the molecule is CCCCCCc1cc(-c2ccc(-c3ccccn3)nc2)c(CCCCCC)cc1-c1ccc(-c2ccccn2)nc1. The maximum atomic E-state index is 4.83. The van der Waals surface area contributed by atoms with Gasteiger partial charge in [0.25, 0.3) is 0 Å². The third-order valence-electron chi connectivity index (χ3n) is 7.93. The molecule has 0 N–H and O–H groups in total. The standard InChI is InChI=1S/C38H42N4/c1-3-5-7-9-15-29-25-34(32-20-22-38(42-28-32)36-18-12-14-24-40-36)30(16-10-8-6-4-2)26-33(29)31-19-21-37(41-27-31)35-17-11-13-23-39-35/h11-14,17-28H,3-10,15-16H2,1-2H3. The van der Waals surface area contributed by atoms with Gasteiger partial charge < -0.3 is 0 Å². The Morgan fingerprint density at radius 1 is 0.452 bits per heavy atom. The van der Waals surface area contributed by atoms with Crippen LogP contribution in [0.2, 0.25) is 0 Å². The lowest BCUT2D eigenvalue weighted by molar-refractivity contribution is 0.664. The van der Waals surface area contributed by atoms with E-state index in [0.29, 0.717) is 0 Å². The first-order chi connectivity index (χ1) is 20.8. The number of hydrogen-bond acceptors (Lipinski definition) is 4. The zero-order valence-corrected chi connectivity index (χ0v) is 25.1. The van der Waals surface area contributed by atoms with E-state index in [1.54, 1.807) is 0 Å². The first-order valence-corrected chi connectivity index (χ1v) is 15.7. The van der Waals surface area contributed by atoms with Gasteiger partial charge in [0.2, 0.25) is 0 Å². The molecule has 4 heteroatoms. The van der Waals surface area contributed by atoms with Crippen molar-refractivity contribution in [1.82, 2.24) is 19.9 Å². The van der Waals surface area contributed by atoms with Crippen LogP contribution in [0.25, 0.3) is 45.0 Å². The summed E-state index contributed by atoms with van der Waals surface area (Å²) in [4.78, 5) is 18.6. The molecule has 0 atom stereocenters. The van der Waals surface area contributed by atoms with E-state index in [2.05, 4.69) is 60.2 Å². The molecule has 0 unspecified atom stereocenters. The molecule has 0 radical (unpaired) electrons. The van der Waals surface area contributed by atoms with Gasteiger partial charge in [-0.25, -0.2) is 0 Å². The fourth-order valence-corrected chi connectivity index (χ4v) is 5.56. The second kappa shape index (κ2) is 15.2. The fraction of sp³-hybridized carbons (Fsp3) is 0.316. The van der Waals surface area contributed by atoms with Crippen molar-refractivity contribution in [2.45, 2.75) is 78.1 Å². The predicted octanol–water partition coefficient (Wildman–Crippen LogP) is 10.2. The predicted molar refractivity (Wildman–Crippen MR) is 175 cm³/mol. The molecule has 0 bridgehead atoms. The Balaban J connectivity index is 1.53. The molecule has 1 aromatic carbocycles. The fourth-order valence-electron chi connectivity index (χ4n) is 5.56. The molecule has 0 saturated heterocycles. The lowest BCUT2D eigenvalue weighted by Crippen LogP contribution is -1.99. The highest BCUT2D eigenvalue weighted by Gasteiger charge is 2.15. The summed E-state index contributed by atoms with van der Waals surface area (Å²) in [6.45, 7) is 4.54. The second-order valence-corrected chi connectivity index (χ2v) is 11.1. The van der Waals surface area contributed by atoms with Crippen LogP contribution < -0.4 is 0 Å². The molecule has 0 fully saturated rings. The van der Waals surface area contributed by atoms with E-state index in [1.165, 1.54) is 84.7 Å². The van der Waals surface area contributed by atoms with Gasteiger partial charge in [0.05, 0.1) is 22.8 Å². The minimum absolute atomic E-state index is 0.900. The number of aryl methyl sites for hydroxylation is 2. The van der Waals surface area contributed by atoms with Gasteiger partial charge in [0.1, 0.15) is 0 Å². The maximum absolute atomic E-state index is 4.83. The highest BCUT2D eigenvalue weighted by atomic mass is 14.8. The van der Waals surface area contributed by atoms with Gasteiger partial charge >= 0.3 is 0 Å². The number of nitrogens with zero attached hydrogens (tertiary/aromatic N) is 4. The van der Waals surface area contributed by atoms with Crippen LogP contribution in [-0.4, -0.2) is 19.9 Å². The molecule has 4 nitrogen and oxygen atoms in total. The Morgan fingerprint density at radius 3 is 1.26 bits per heavy atom. The van der Waals surface area contributed by atoms with Crippen LogP contribution in [0.1, 0.15) is 76.3 Å². The van der Waals surface area contributed by atoms with Gasteiger partial charge in [-0.05, 0) is 84.3 Å². The topological polar surface area (TPSA) is 51.6 Å². The van der Waals surface area contributed by atoms with E-state index in [4.69, 9.17) is 9.97 Å². The number of pyridine rings is 4. The van der Waals surface area contributed by atoms with Crippen molar-refractivity contribution in [3.8, 4) is 45.0 Å². The first kappa shape index (κ1) is 29.3. The summed E-state index contributed by atoms with van der Waals surface area (Å²) in [5.74, 6) is 0. The average Bonchev–Trinajstić information content (AvgIpc) is 3.06.